The summed E-state index contributed by atoms with van der Waals surface area (Å²) in [5, 5.41) is 6.22. The molecule has 0 radical (unpaired) electrons. The Morgan fingerprint density at radius 3 is 1.62 bits per heavy atom. The molecule has 0 spiro atoms. The molecule has 0 saturated carbocycles. The van der Waals surface area contributed by atoms with Gasteiger partial charge in [0.2, 0.25) is 0 Å². The normalized spacial score (nSPS) is 11.8. The first-order valence-corrected chi connectivity index (χ1v) is 18.9. The van der Waals surface area contributed by atoms with Gasteiger partial charge in [-0.3, -0.25) is 0 Å². The Kier molecular flexibility index (Phi) is 8.45. The van der Waals surface area contributed by atoms with Crippen molar-refractivity contribution < 1.29 is 17.6 Å². The Morgan fingerprint density at radius 1 is 0.362 bits per heavy atom. The van der Waals surface area contributed by atoms with Crippen molar-refractivity contribution in [3.05, 3.63) is 212 Å². The molecule has 0 aliphatic rings. The molecule has 0 bridgehead atoms. The van der Waals surface area contributed by atoms with Gasteiger partial charge in [-0.1, -0.05) is 91.0 Å². The number of aromatic nitrogens is 1. The topological polar surface area (TPSA) is 11.4 Å². The highest BCUT2D eigenvalue weighted by Crippen LogP contribution is 2.43. The van der Waals surface area contributed by atoms with Crippen LogP contribution in [-0.4, -0.2) is 4.57 Å². The molecule has 0 amide bonds. The molecule has 58 heavy (non-hydrogen) atoms. The van der Waals surface area contributed by atoms with E-state index in [1.807, 2.05) is 102 Å². The second kappa shape index (κ2) is 14.0. The van der Waals surface area contributed by atoms with Crippen molar-refractivity contribution in [3.63, 3.8) is 0 Å². The highest BCUT2D eigenvalue weighted by Gasteiger charge is 2.31. The van der Waals surface area contributed by atoms with Gasteiger partial charge in [0.25, 0.3) is 0 Å². The van der Waals surface area contributed by atoms with Gasteiger partial charge in [-0.25, -0.2) is 4.39 Å². The summed E-state index contributed by atoms with van der Waals surface area (Å²) in [7, 11) is 0. The Balaban J connectivity index is 1.21. The second-order valence-corrected chi connectivity index (χ2v) is 14.3. The maximum atomic E-state index is 14.8. The quantitative estimate of drug-likeness (QED) is 0.150. The molecule has 0 aliphatic carbocycles. The summed E-state index contributed by atoms with van der Waals surface area (Å²) >= 11 is 0. The zero-order valence-electron chi connectivity index (χ0n) is 30.9. The Labute approximate surface area is 331 Å². The average Bonchev–Trinajstić information content (AvgIpc) is 3.55. The molecular weight excluding hydrogens is 731 g/mol. The van der Waals surface area contributed by atoms with Crippen LogP contribution in [-0.2, 0) is 6.18 Å². The summed E-state index contributed by atoms with van der Waals surface area (Å²) in [5.41, 5.74) is 6.50. The number of para-hydroxylation sites is 2. The molecule has 0 saturated heterocycles. The first kappa shape index (κ1) is 35.1. The van der Waals surface area contributed by atoms with Crippen molar-refractivity contribution in [1.29, 1.82) is 0 Å². The number of benzene rings is 9. The number of alkyl halides is 3. The lowest BCUT2D eigenvalue weighted by Crippen LogP contribution is -2.12. The first-order valence-electron chi connectivity index (χ1n) is 18.9. The van der Waals surface area contributed by atoms with Gasteiger partial charge in [-0.05, 0) is 131 Å². The summed E-state index contributed by atoms with van der Waals surface area (Å²) < 4.78 is 58.9. The number of halogens is 4. The fraction of sp³-hybridized carbons (Fsp3) is 0.0196. The number of hydrogen-bond donors (Lipinski definition) is 0. The van der Waals surface area contributed by atoms with Crippen LogP contribution in [0.5, 0.6) is 0 Å². The molecule has 280 valence electrons. The summed E-state index contributed by atoms with van der Waals surface area (Å²) in [6.07, 6.45) is -4.49. The first-order chi connectivity index (χ1) is 28.3. The van der Waals surface area contributed by atoms with Gasteiger partial charge < -0.3 is 14.4 Å². The van der Waals surface area contributed by atoms with E-state index in [9.17, 15) is 17.6 Å². The van der Waals surface area contributed by atoms with Crippen LogP contribution in [0, 0.1) is 5.82 Å². The molecule has 7 heteroatoms. The maximum absolute atomic E-state index is 14.8. The van der Waals surface area contributed by atoms with E-state index < -0.39 is 11.7 Å². The number of nitrogens with zero attached hydrogens (tertiary/aromatic N) is 3. The summed E-state index contributed by atoms with van der Waals surface area (Å²) in [6, 6.07) is 62.8. The van der Waals surface area contributed by atoms with E-state index in [2.05, 4.69) is 70.1 Å². The maximum Gasteiger partial charge on any atom is 0.416 e. The highest BCUT2D eigenvalue weighted by molar-refractivity contribution is 6.15. The van der Waals surface area contributed by atoms with Crippen LogP contribution in [0.2, 0.25) is 0 Å². The molecule has 10 rings (SSSR count). The van der Waals surface area contributed by atoms with Crippen molar-refractivity contribution >= 4 is 77.5 Å². The van der Waals surface area contributed by atoms with Gasteiger partial charge in [0.05, 0.1) is 16.6 Å². The van der Waals surface area contributed by atoms with Gasteiger partial charge in [-0.2, -0.15) is 13.2 Å². The lowest BCUT2D eigenvalue weighted by molar-refractivity contribution is -0.137. The third kappa shape index (κ3) is 6.27. The minimum absolute atomic E-state index is 0.324. The molecular formula is C51H33F4N3. The summed E-state index contributed by atoms with van der Waals surface area (Å²) in [5.74, 6) is -0.324. The van der Waals surface area contributed by atoms with Gasteiger partial charge in [0.1, 0.15) is 5.82 Å². The Morgan fingerprint density at radius 2 is 0.914 bits per heavy atom. The minimum Gasteiger partial charge on any atom is -0.310 e. The smallest absolute Gasteiger partial charge is 0.310 e. The molecule has 0 aliphatic heterocycles. The molecule has 1 aromatic heterocycles. The fourth-order valence-electron chi connectivity index (χ4n) is 8.09. The van der Waals surface area contributed by atoms with Gasteiger partial charge in [0, 0.05) is 50.6 Å². The summed E-state index contributed by atoms with van der Waals surface area (Å²) in [4.78, 5) is 3.91. The zero-order valence-corrected chi connectivity index (χ0v) is 30.9. The molecule has 10 aromatic rings. The standard InChI is InChI=1S/C51H33F4N3/c52-39-14-10-20-43(32-39)57(41-17-5-2-6-18-41)46-25-26-47-48-29-36-22-24-44(56(40-15-3-1-4-16-40)42-19-9-13-38(31-42)51(53,54)55)28-37(36)30-49(48)58(50(47)33-46)45-23-21-34-11-7-8-12-35(34)27-45/h1-33H. The van der Waals surface area contributed by atoms with E-state index in [4.69, 9.17) is 0 Å². The molecule has 0 atom stereocenters. The predicted molar refractivity (Wildman–Crippen MR) is 230 cm³/mol. The number of anilines is 6. The second-order valence-electron chi connectivity index (χ2n) is 14.3. The lowest BCUT2D eigenvalue weighted by Gasteiger charge is -2.26. The fourth-order valence-corrected chi connectivity index (χ4v) is 8.09. The van der Waals surface area contributed by atoms with Crippen LogP contribution in [0.4, 0.5) is 51.7 Å². The van der Waals surface area contributed by atoms with Crippen LogP contribution in [0.15, 0.2) is 200 Å². The van der Waals surface area contributed by atoms with Gasteiger partial charge in [0.15, 0.2) is 0 Å². The van der Waals surface area contributed by atoms with Crippen LogP contribution >= 0.6 is 0 Å². The third-order valence-electron chi connectivity index (χ3n) is 10.7. The van der Waals surface area contributed by atoms with Crippen molar-refractivity contribution in [2.24, 2.45) is 0 Å². The number of fused-ring (bicyclic) bond motifs is 5. The predicted octanol–water partition coefficient (Wildman–Crippen LogP) is 15.2. The SMILES string of the molecule is Fc1cccc(N(c2ccccc2)c2ccc3c4cc5ccc(N(c6ccccc6)c6cccc(C(F)(F)F)c6)cc5cc4n(-c4ccc5ccccc5c4)c3c2)c1. The van der Waals surface area contributed by atoms with Crippen molar-refractivity contribution in [2.75, 3.05) is 9.80 Å². The monoisotopic (exact) mass is 763 g/mol. The lowest BCUT2D eigenvalue weighted by atomic mass is 10.0. The van der Waals surface area contributed by atoms with Crippen LogP contribution < -0.4 is 9.80 Å². The van der Waals surface area contributed by atoms with Gasteiger partial charge >= 0.3 is 6.18 Å². The minimum atomic E-state index is -4.49. The van der Waals surface area contributed by atoms with Crippen LogP contribution in [0.25, 0.3) is 49.0 Å². The Bertz CT molecular complexity index is 3140. The third-order valence-corrected chi connectivity index (χ3v) is 10.7. The van der Waals surface area contributed by atoms with E-state index in [1.54, 1.807) is 18.2 Å². The molecule has 0 unspecified atom stereocenters. The van der Waals surface area contributed by atoms with Crippen LogP contribution in [0.3, 0.4) is 0 Å². The van der Waals surface area contributed by atoms with E-state index >= 15 is 0 Å². The van der Waals surface area contributed by atoms with Crippen molar-refractivity contribution in [2.45, 2.75) is 6.18 Å². The highest BCUT2D eigenvalue weighted by atomic mass is 19.4. The Hall–Kier alpha value is -7.38. The molecule has 0 fully saturated rings. The van der Waals surface area contributed by atoms with E-state index in [-0.39, 0.29) is 5.82 Å². The number of rotatable bonds is 7. The van der Waals surface area contributed by atoms with Gasteiger partial charge in [-0.15, -0.1) is 0 Å². The molecule has 0 N–H and O–H groups in total. The molecule has 9 aromatic carbocycles. The van der Waals surface area contributed by atoms with E-state index in [1.165, 1.54) is 18.2 Å². The van der Waals surface area contributed by atoms with E-state index in [0.717, 1.165) is 77.9 Å². The van der Waals surface area contributed by atoms with Crippen LogP contribution in [0.1, 0.15) is 5.56 Å². The molecule has 3 nitrogen and oxygen atoms in total. The summed E-state index contributed by atoms with van der Waals surface area (Å²) in [6.45, 7) is 0. The van der Waals surface area contributed by atoms with E-state index in [0.29, 0.717) is 11.4 Å². The average molecular weight is 764 g/mol. The molecule has 1 heterocycles. The zero-order chi connectivity index (χ0) is 39.4. The largest absolute Gasteiger partial charge is 0.416 e. The number of hydrogen-bond acceptors (Lipinski definition) is 2. The van der Waals surface area contributed by atoms with Crippen molar-refractivity contribution in [3.8, 4) is 5.69 Å². The van der Waals surface area contributed by atoms with Crippen molar-refractivity contribution in [1.82, 2.24) is 4.57 Å².